The minimum Gasteiger partial charge on any atom is -0.480 e. The molecule has 3 aromatic carbocycles. The SMILES string of the molecule is Cc1c(-c2ccc(CN3CCCC3)cn2)cccc1-c1cccc(-c2nc3cc(CN4CCC[C@H]4C(=O)O)c(OC(F)F)cc3o2)c1C. The third-order valence-corrected chi connectivity index (χ3v) is 9.70. The maximum Gasteiger partial charge on any atom is 0.387 e. The summed E-state index contributed by atoms with van der Waals surface area (Å²) in [5.74, 6) is -0.614. The highest BCUT2D eigenvalue weighted by Crippen LogP contribution is 2.38. The molecule has 2 aromatic heterocycles. The summed E-state index contributed by atoms with van der Waals surface area (Å²) in [6, 6.07) is 18.9. The first-order valence-electron chi connectivity index (χ1n) is 16.5. The standard InChI is InChI=1S/C38H38F2N4O4/c1-23-27(8-5-10-29(23)31-14-13-25(20-41-31)21-43-15-3-4-16-43)28-9-6-11-30(24(28)2)36-42-32-18-26(22-44-17-7-12-33(44)37(45)46)34(48-38(39)40)19-35(32)47-36/h5-6,8-11,13-14,18-20,33,38H,3-4,7,12,15-17,21-22H2,1-2H3,(H,45,46)/t33-/m0/s1. The molecule has 0 unspecified atom stereocenters. The number of fused-ring (bicyclic) bond motifs is 1. The number of halogens is 2. The first-order valence-corrected chi connectivity index (χ1v) is 16.5. The second-order valence-corrected chi connectivity index (χ2v) is 12.8. The van der Waals surface area contributed by atoms with E-state index in [0.29, 0.717) is 35.5 Å². The second-order valence-electron chi connectivity index (χ2n) is 12.8. The fraction of sp³-hybridized carbons (Fsp3) is 0.342. The maximum atomic E-state index is 13.4. The molecule has 0 saturated carbocycles. The molecule has 8 nitrogen and oxygen atoms in total. The molecule has 0 spiro atoms. The van der Waals surface area contributed by atoms with Gasteiger partial charge in [-0.1, -0.05) is 36.4 Å². The average molecular weight is 653 g/mol. The van der Waals surface area contributed by atoms with Gasteiger partial charge in [0.15, 0.2) is 5.58 Å². The Morgan fingerprint density at radius 3 is 2.33 bits per heavy atom. The van der Waals surface area contributed by atoms with Crippen molar-refractivity contribution in [3.05, 3.63) is 89.1 Å². The molecule has 248 valence electrons. The van der Waals surface area contributed by atoms with Crippen LogP contribution in [0.1, 0.15) is 47.9 Å². The third-order valence-electron chi connectivity index (χ3n) is 9.70. The van der Waals surface area contributed by atoms with E-state index in [1.165, 1.54) is 24.5 Å². The molecule has 2 aliphatic heterocycles. The Bertz CT molecular complexity index is 1950. The van der Waals surface area contributed by atoms with Crippen LogP contribution in [0.15, 0.2) is 71.3 Å². The van der Waals surface area contributed by atoms with Crippen LogP contribution in [0.5, 0.6) is 5.75 Å². The number of nitrogens with zero attached hydrogens (tertiary/aromatic N) is 4. The van der Waals surface area contributed by atoms with E-state index in [0.717, 1.165) is 65.1 Å². The van der Waals surface area contributed by atoms with Gasteiger partial charge in [-0.05, 0) is 105 Å². The molecule has 7 rings (SSSR count). The van der Waals surface area contributed by atoms with Gasteiger partial charge in [0.25, 0.3) is 0 Å². The molecular weight excluding hydrogens is 614 g/mol. The largest absolute Gasteiger partial charge is 0.480 e. The summed E-state index contributed by atoms with van der Waals surface area (Å²) < 4.78 is 37.9. The molecule has 2 saturated heterocycles. The van der Waals surface area contributed by atoms with Crippen LogP contribution in [0.4, 0.5) is 8.78 Å². The van der Waals surface area contributed by atoms with E-state index < -0.39 is 18.6 Å². The molecule has 0 bridgehead atoms. The van der Waals surface area contributed by atoms with Crippen molar-refractivity contribution in [3.63, 3.8) is 0 Å². The van der Waals surface area contributed by atoms with E-state index in [1.54, 1.807) is 11.0 Å². The van der Waals surface area contributed by atoms with Crippen LogP contribution in [0.3, 0.4) is 0 Å². The van der Waals surface area contributed by atoms with Crippen molar-refractivity contribution in [3.8, 4) is 39.6 Å². The van der Waals surface area contributed by atoms with Crippen molar-refractivity contribution in [2.24, 2.45) is 0 Å². The normalized spacial score (nSPS) is 17.1. The second kappa shape index (κ2) is 13.4. The Hall–Kier alpha value is -4.67. The molecule has 5 aromatic rings. The minimum absolute atomic E-state index is 0.0492. The van der Waals surface area contributed by atoms with Gasteiger partial charge in [0.2, 0.25) is 5.89 Å². The summed E-state index contributed by atoms with van der Waals surface area (Å²) in [7, 11) is 0. The fourth-order valence-electron chi connectivity index (χ4n) is 7.20. The van der Waals surface area contributed by atoms with Crippen LogP contribution in [-0.2, 0) is 17.9 Å². The lowest BCUT2D eigenvalue weighted by atomic mass is 9.90. The van der Waals surface area contributed by atoms with Gasteiger partial charge >= 0.3 is 12.6 Å². The average Bonchev–Trinajstić information content (AvgIpc) is 3.84. The van der Waals surface area contributed by atoms with Crippen LogP contribution >= 0.6 is 0 Å². The van der Waals surface area contributed by atoms with Crippen molar-refractivity contribution in [1.82, 2.24) is 19.8 Å². The van der Waals surface area contributed by atoms with E-state index in [-0.39, 0.29) is 12.3 Å². The van der Waals surface area contributed by atoms with Gasteiger partial charge in [0.05, 0.1) is 5.69 Å². The predicted molar refractivity (Wildman–Crippen MR) is 180 cm³/mol. The number of oxazole rings is 1. The van der Waals surface area contributed by atoms with E-state index >= 15 is 0 Å². The number of aliphatic carboxylic acids is 1. The topological polar surface area (TPSA) is 91.9 Å². The Morgan fingerprint density at radius 2 is 1.65 bits per heavy atom. The predicted octanol–water partition coefficient (Wildman–Crippen LogP) is 8.09. The number of benzene rings is 3. The number of hydrogen-bond donors (Lipinski definition) is 1. The number of hydrogen-bond acceptors (Lipinski definition) is 7. The van der Waals surface area contributed by atoms with Crippen LogP contribution in [0.25, 0.3) is 44.9 Å². The van der Waals surface area contributed by atoms with E-state index in [9.17, 15) is 18.7 Å². The number of carbonyl (C=O) groups is 1. The van der Waals surface area contributed by atoms with Crippen LogP contribution < -0.4 is 4.74 Å². The number of alkyl halides is 2. The van der Waals surface area contributed by atoms with E-state index in [4.69, 9.17) is 19.1 Å². The van der Waals surface area contributed by atoms with Gasteiger partial charge in [-0.3, -0.25) is 19.6 Å². The molecule has 48 heavy (non-hydrogen) atoms. The number of rotatable bonds is 10. The third kappa shape index (κ3) is 6.42. The molecule has 10 heteroatoms. The molecule has 2 aliphatic rings. The van der Waals surface area contributed by atoms with Gasteiger partial charge < -0.3 is 14.3 Å². The summed E-state index contributed by atoms with van der Waals surface area (Å²) >= 11 is 0. The molecule has 4 heterocycles. The summed E-state index contributed by atoms with van der Waals surface area (Å²) in [6.45, 7) is 5.02. The fourth-order valence-corrected chi connectivity index (χ4v) is 7.20. The molecule has 0 aliphatic carbocycles. The number of carboxylic acids is 1. The number of ether oxygens (including phenoxy) is 1. The molecule has 1 N–H and O–H groups in total. The Balaban J connectivity index is 1.20. The number of pyridine rings is 1. The van der Waals surface area contributed by atoms with Crippen molar-refractivity contribution >= 4 is 17.1 Å². The first-order chi connectivity index (χ1) is 23.2. The quantitative estimate of drug-likeness (QED) is 0.162. The van der Waals surface area contributed by atoms with Gasteiger partial charge in [-0.2, -0.15) is 8.78 Å². The van der Waals surface area contributed by atoms with Crippen molar-refractivity contribution < 1.29 is 27.8 Å². The van der Waals surface area contributed by atoms with Gasteiger partial charge in [-0.15, -0.1) is 0 Å². The Kier molecular flexibility index (Phi) is 8.94. The van der Waals surface area contributed by atoms with Crippen LogP contribution in [-0.4, -0.2) is 63.1 Å². The highest BCUT2D eigenvalue weighted by atomic mass is 19.3. The van der Waals surface area contributed by atoms with Crippen LogP contribution in [0, 0.1) is 13.8 Å². The molecular formula is C38H38F2N4O4. The lowest BCUT2D eigenvalue weighted by Crippen LogP contribution is -2.35. The van der Waals surface area contributed by atoms with Gasteiger partial charge in [0, 0.05) is 42.0 Å². The Morgan fingerprint density at radius 1 is 0.938 bits per heavy atom. The zero-order valence-electron chi connectivity index (χ0n) is 27.1. The summed E-state index contributed by atoms with van der Waals surface area (Å²) in [5.41, 5.74) is 9.37. The van der Waals surface area contributed by atoms with Gasteiger partial charge in [0.1, 0.15) is 17.3 Å². The highest BCUT2D eigenvalue weighted by molar-refractivity contribution is 5.84. The molecule has 0 amide bonds. The highest BCUT2D eigenvalue weighted by Gasteiger charge is 2.31. The van der Waals surface area contributed by atoms with E-state index in [2.05, 4.69) is 42.2 Å². The lowest BCUT2D eigenvalue weighted by molar-refractivity contribution is -0.142. The molecule has 0 radical (unpaired) electrons. The summed E-state index contributed by atoms with van der Waals surface area (Å²) in [6.07, 6.45) is 5.74. The lowest BCUT2D eigenvalue weighted by Gasteiger charge is -2.22. The van der Waals surface area contributed by atoms with Crippen molar-refractivity contribution in [2.45, 2.75) is 65.3 Å². The summed E-state index contributed by atoms with van der Waals surface area (Å²) in [4.78, 5) is 25.6. The number of aromatic nitrogens is 2. The van der Waals surface area contributed by atoms with E-state index in [1.807, 2.05) is 31.3 Å². The monoisotopic (exact) mass is 652 g/mol. The first kappa shape index (κ1) is 31.9. The number of likely N-dealkylation sites (tertiary alicyclic amines) is 2. The molecule has 1 atom stereocenters. The number of carboxylic acid groups (broad SMARTS) is 1. The minimum atomic E-state index is -3.04. The zero-order valence-corrected chi connectivity index (χ0v) is 27.1. The smallest absolute Gasteiger partial charge is 0.387 e. The van der Waals surface area contributed by atoms with Crippen LogP contribution in [0.2, 0.25) is 0 Å². The zero-order chi connectivity index (χ0) is 33.4. The Labute approximate surface area is 278 Å². The van der Waals surface area contributed by atoms with Crippen molar-refractivity contribution in [2.75, 3.05) is 19.6 Å². The molecule has 2 fully saturated rings. The van der Waals surface area contributed by atoms with Crippen molar-refractivity contribution in [1.29, 1.82) is 0 Å². The van der Waals surface area contributed by atoms with Gasteiger partial charge in [-0.25, -0.2) is 4.98 Å². The maximum absolute atomic E-state index is 13.4. The summed E-state index contributed by atoms with van der Waals surface area (Å²) in [5, 5.41) is 9.63.